The van der Waals surface area contributed by atoms with Crippen LogP contribution in [0.15, 0.2) is 75.3 Å². The summed E-state index contributed by atoms with van der Waals surface area (Å²) < 4.78 is 5.33. The minimum absolute atomic E-state index is 0.00857. The highest BCUT2D eigenvalue weighted by molar-refractivity contribution is 7.10. The minimum atomic E-state index is -0.433. The molecule has 0 radical (unpaired) electrons. The van der Waals surface area contributed by atoms with Gasteiger partial charge in [0.1, 0.15) is 5.58 Å². The number of thiophene rings is 1. The van der Waals surface area contributed by atoms with Gasteiger partial charge in [0.05, 0.1) is 12.0 Å². The maximum absolute atomic E-state index is 13.5. The summed E-state index contributed by atoms with van der Waals surface area (Å²) in [5.74, 6) is -0.593. The van der Waals surface area contributed by atoms with Gasteiger partial charge in [-0.15, -0.1) is 11.3 Å². The number of nitrogens with one attached hydrogen (secondary N) is 1. The number of fused-ring (bicyclic) bond motifs is 1. The predicted molar refractivity (Wildman–Crippen MR) is 134 cm³/mol. The van der Waals surface area contributed by atoms with Crippen molar-refractivity contribution in [2.75, 3.05) is 10.2 Å². The molecule has 1 aliphatic rings. The van der Waals surface area contributed by atoms with Gasteiger partial charge in [-0.05, 0) is 61.5 Å². The molecule has 5 rings (SSSR count). The predicted octanol–water partition coefficient (Wildman–Crippen LogP) is 5.59. The molecule has 2 aromatic heterocycles. The maximum Gasteiger partial charge on any atom is 0.336 e. The van der Waals surface area contributed by atoms with Crippen LogP contribution in [0.5, 0.6) is 0 Å². The second-order valence-corrected chi connectivity index (χ2v) is 9.63. The van der Waals surface area contributed by atoms with E-state index in [2.05, 4.69) is 5.32 Å². The van der Waals surface area contributed by atoms with Crippen LogP contribution in [0.2, 0.25) is 0 Å². The zero-order valence-electron chi connectivity index (χ0n) is 18.9. The van der Waals surface area contributed by atoms with Crippen LogP contribution in [-0.4, -0.2) is 11.8 Å². The summed E-state index contributed by atoms with van der Waals surface area (Å²) in [5.41, 5.74) is 3.27. The van der Waals surface area contributed by atoms with Crippen molar-refractivity contribution in [3.63, 3.8) is 0 Å². The Morgan fingerprint density at radius 2 is 1.85 bits per heavy atom. The molecule has 172 valence electrons. The van der Waals surface area contributed by atoms with E-state index in [1.807, 2.05) is 61.7 Å². The van der Waals surface area contributed by atoms with Crippen LogP contribution in [0, 0.1) is 19.8 Å². The van der Waals surface area contributed by atoms with Crippen molar-refractivity contribution < 1.29 is 14.0 Å². The van der Waals surface area contributed by atoms with E-state index in [1.165, 1.54) is 6.07 Å². The van der Waals surface area contributed by atoms with Crippen LogP contribution in [0.25, 0.3) is 11.0 Å². The zero-order chi connectivity index (χ0) is 23.8. The van der Waals surface area contributed by atoms with Crippen molar-refractivity contribution in [2.45, 2.75) is 32.7 Å². The molecule has 0 bridgehead atoms. The van der Waals surface area contributed by atoms with Crippen molar-refractivity contribution in [1.29, 1.82) is 0 Å². The Kier molecular flexibility index (Phi) is 5.79. The van der Waals surface area contributed by atoms with Gasteiger partial charge in [0, 0.05) is 40.2 Å². The van der Waals surface area contributed by atoms with E-state index in [9.17, 15) is 14.4 Å². The monoisotopic (exact) mass is 472 g/mol. The normalized spacial score (nSPS) is 18.3. The molecule has 1 aliphatic heterocycles. The topological polar surface area (TPSA) is 79.6 Å². The average molecular weight is 473 g/mol. The number of carbonyl (C=O) groups is 2. The van der Waals surface area contributed by atoms with Crippen LogP contribution in [0.3, 0.4) is 0 Å². The molecule has 0 aliphatic carbocycles. The maximum atomic E-state index is 13.5. The van der Waals surface area contributed by atoms with Crippen LogP contribution < -0.4 is 15.8 Å². The minimum Gasteiger partial charge on any atom is -0.423 e. The molecule has 2 unspecified atom stereocenters. The summed E-state index contributed by atoms with van der Waals surface area (Å²) in [6.45, 7) is 3.85. The number of piperidine rings is 1. The first-order chi connectivity index (χ1) is 16.4. The Morgan fingerprint density at radius 3 is 2.59 bits per heavy atom. The Labute approximate surface area is 200 Å². The molecule has 1 N–H and O–H groups in total. The number of nitrogens with zero attached hydrogens (tertiary/aromatic N) is 1. The summed E-state index contributed by atoms with van der Waals surface area (Å²) in [6.07, 6.45) is 0.747. The van der Waals surface area contributed by atoms with E-state index in [0.29, 0.717) is 24.1 Å². The first-order valence-corrected chi connectivity index (χ1v) is 12.1. The number of hydrogen-bond acceptors (Lipinski definition) is 5. The Morgan fingerprint density at radius 1 is 1.06 bits per heavy atom. The molecule has 1 saturated heterocycles. The summed E-state index contributed by atoms with van der Waals surface area (Å²) >= 11 is 1.54. The van der Waals surface area contributed by atoms with Gasteiger partial charge in [-0.25, -0.2) is 4.79 Å². The summed E-state index contributed by atoms with van der Waals surface area (Å²) in [6, 6.07) is 18.1. The molecule has 2 aromatic carbocycles. The van der Waals surface area contributed by atoms with Crippen molar-refractivity contribution >= 4 is 45.5 Å². The number of anilines is 2. The molecular weight excluding hydrogens is 448 g/mol. The first-order valence-electron chi connectivity index (χ1n) is 11.2. The Bertz CT molecular complexity index is 1420. The third-order valence-electron chi connectivity index (χ3n) is 6.30. The van der Waals surface area contributed by atoms with Crippen molar-refractivity contribution in [3.8, 4) is 0 Å². The lowest BCUT2D eigenvalue weighted by Crippen LogP contribution is -2.46. The third-order valence-corrected chi connectivity index (χ3v) is 7.24. The first kappa shape index (κ1) is 22.1. The zero-order valence-corrected chi connectivity index (χ0v) is 19.7. The number of amides is 2. The van der Waals surface area contributed by atoms with Gasteiger partial charge in [-0.3, -0.25) is 9.59 Å². The quantitative estimate of drug-likeness (QED) is 0.393. The molecular formula is C27H24N2O4S. The van der Waals surface area contributed by atoms with Gasteiger partial charge in [-0.2, -0.15) is 0 Å². The van der Waals surface area contributed by atoms with Crippen LogP contribution in [-0.2, 0) is 9.59 Å². The fraction of sp³-hybridized carbons (Fsp3) is 0.222. The van der Waals surface area contributed by atoms with Gasteiger partial charge in [0.15, 0.2) is 0 Å². The molecule has 1 fully saturated rings. The fourth-order valence-electron chi connectivity index (χ4n) is 4.60. The number of benzene rings is 2. The van der Waals surface area contributed by atoms with Gasteiger partial charge in [-0.1, -0.05) is 23.8 Å². The Balaban J connectivity index is 1.49. The number of rotatable bonds is 4. The molecule has 0 spiro atoms. The van der Waals surface area contributed by atoms with E-state index >= 15 is 0 Å². The van der Waals surface area contributed by atoms with E-state index in [1.54, 1.807) is 28.4 Å². The molecule has 34 heavy (non-hydrogen) atoms. The molecule has 2 atom stereocenters. The second kappa shape index (κ2) is 8.91. The van der Waals surface area contributed by atoms with Crippen molar-refractivity contribution in [3.05, 3.63) is 92.5 Å². The second-order valence-electron chi connectivity index (χ2n) is 8.65. The number of aryl methyl sites for hydroxylation is 2. The lowest BCUT2D eigenvalue weighted by atomic mass is 9.86. The highest BCUT2D eigenvalue weighted by Crippen LogP contribution is 2.42. The SMILES string of the molecule is Cc1ccc(N2C(=O)CCC(C(=O)Nc3ccc4c(C)cc(=O)oc4c3)C2c2cccs2)cc1. The van der Waals surface area contributed by atoms with Crippen LogP contribution in [0.4, 0.5) is 11.4 Å². The van der Waals surface area contributed by atoms with E-state index < -0.39 is 17.6 Å². The summed E-state index contributed by atoms with van der Waals surface area (Å²) in [4.78, 5) is 41.1. The molecule has 6 nitrogen and oxygen atoms in total. The standard InChI is InChI=1S/C27H24N2O4S/c1-16-5-8-19(9-6-16)29-24(30)12-11-21(26(29)23-4-3-13-34-23)27(32)28-18-7-10-20-17(2)14-25(31)33-22(20)15-18/h3-10,13-15,21,26H,11-12H2,1-2H3,(H,28,32). The summed E-state index contributed by atoms with van der Waals surface area (Å²) in [7, 11) is 0. The molecule has 0 saturated carbocycles. The summed E-state index contributed by atoms with van der Waals surface area (Å²) in [5, 5.41) is 5.78. The van der Waals surface area contributed by atoms with Crippen molar-refractivity contribution in [2.24, 2.45) is 5.92 Å². The lowest BCUT2D eigenvalue weighted by molar-refractivity contribution is -0.125. The largest absolute Gasteiger partial charge is 0.423 e. The van der Waals surface area contributed by atoms with Crippen LogP contribution in [0.1, 0.15) is 34.9 Å². The average Bonchev–Trinajstić information content (AvgIpc) is 3.34. The molecule has 3 heterocycles. The Hall–Kier alpha value is -3.71. The van der Waals surface area contributed by atoms with E-state index in [0.717, 1.165) is 27.1 Å². The number of carbonyl (C=O) groups excluding carboxylic acids is 2. The van der Waals surface area contributed by atoms with Crippen LogP contribution >= 0.6 is 11.3 Å². The number of hydrogen-bond donors (Lipinski definition) is 1. The molecule has 7 heteroatoms. The van der Waals surface area contributed by atoms with Gasteiger partial charge in [0.2, 0.25) is 11.8 Å². The highest BCUT2D eigenvalue weighted by Gasteiger charge is 2.42. The third kappa shape index (κ3) is 4.15. The van der Waals surface area contributed by atoms with Gasteiger partial charge in [0.25, 0.3) is 0 Å². The van der Waals surface area contributed by atoms with E-state index in [4.69, 9.17) is 4.42 Å². The smallest absolute Gasteiger partial charge is 0.336 e. The van der Waals surface area contributed by atoms with E-state index in [-0.39, 0.29) is 11.8 Å². The van der Waals surface area contributed by atoms with Crippen molar-refractivity contribution in [1.82, 2.24) is 0 Å². The molecule has 2 amide bonds. The van der Waals surface area contributed by atoms with Gasteiger partial charge >= 0.3 is 5.63 Å². The molecule has 4 aromatic rings. The fourth-order valence-corrected chi connectivity index (χ4v) is 5.48. The lowest BCUT2D eigenvalue weighted by Gasteiger charge is -2.40. The highest BCUT2D eigenvalue weighted by atomic mass is 32.1. The van der Waals surface area contributed by atoms with Gasteiger partial charge < -0.3 is 14.6 Å².